The molecular weight excluding hydrogens is 393 g/mol. The lowest BCUT2D eigenvalue weighted by molar-refractivity contribution is 0.330. The van der Waals surface area contributed by atoms with Gasteiger partial charge >= 0.3 is 0 Å². The fourth-order valence-electron chi connectivity index (χ4n) is 5.26. The van der Waals surface area contributed by atoms with Crippen LogP contribution in [0, 0.1) is 17.7 Å². The van der Waals surface area contributed by atoms with Gasteiger partial charge in [-0.05, 0) is 42.0 Å². The number of rotatable bonds is 5. The summed E-state index contributed by atoms with van der Waals surface area (Å²) in [4.78, 5) is 16.7. The van der Waals surface area contributed by atoms with Gasteiger partial charge in [-0.25, -0.2) is 9.49 Å². The van der Waals surface area contributed by atoms with Crippen LogP contribution in [-0.2, 0) is 6.42 Å². The van der Waals surface area contributed by atoms with Crippen LogP contribution in [0.1, 0.15) is 17.7 Å². The quantitative estimate of drug-likeness (QED) is 0.661. The fraction of sp³-hybridized carbons (Fsp3) is 0.417. The molecule has 1 aromatic heterocycles. The molecule has 6 nitrogen and oxygen atoms in total. The summed E-state index contributed by atoms with van der Waals surface area (Å²) in [5.74, 6) is 1.07. The van der Waals surface area contributed by atoms with Crippen LogP contribution in [0.3, 0.4) is 0 Å². The number of nitrogens with one attached hydrogen (secondary N) is 1. The SMILES string of the molecule is NCCN1CC2CCN(c3cc(Cc4n[nH]c(=O)c5ccccc45)ccc3F)CC2C1. The van der Waals surface area contributed by atoms with Crippen molar-refractivity contribution in [2.45, 2.75) is 12.8 Å². The normalized spacial score (nSPS) is 21.5. The number of nitrogens with two attached hydrogens (primary N) is 1. The highest BCUT2D eigenvalue weighted by Crippen LogP contribution is 2.34. The van der Waals surface area contributed by atoms with Crippen molar-refractivity contribution < 1.29 is 4.39 Å². The minimum Gasteiger partial charge on any atom is -0.369 e. The molecule has 3 aromatic rings. The molecule has 2 atom stereocenters. The Labute approximate surface area is 180 Å². The van der Waals surface area contributed by atoms with E-state index in [1.54, 1.807) is 12.1 Å². The number of piperidine rings is 1. The van der Waals surface area contributed by atoms with Crippen LogP contribution in [0.2, 0.25) is 0 Å². The molecule has 0 aliphatic carbocycles. The first-order valence-electron chi connectivity index (χ1n) is 11.0. The molecule has 7 heteroatoms. The molecule has 3 N–H and O–H groups in total. The lowest BCUT2D eigenvalue weighted by Gasteiger charge is -2.36. The van der Waals surface area contributed by atoms with Crippen molar-refractivity contribution in [1.82, 2.24) is 15.1 Å². The van der Waals surface area contributed by atoms with E-state index < -0.39 is 0 Å². The Morgan fingerprint density at radius 3 is 2.74 bits per heavy atom. The van der Waals surface area contributed by atoms with Crippen molar-refractivity contribution in [3.05, 3.63) is 69.9 Å². The highest BCUT2D eigenvalue weighted by atomic mass is 19.1. The van der Waals surface area contributed by atoms with Gasteiger partial charge in [0.15, 0.2) is 0 Å². The molecule has 2 unspecified atom stereocenters. The van der Waals surface area contributed by atoms with Crippen molar-refractivity contribution in [3.8, 4) is 0 Å². The summed E-state index contributed by atoms with van der Waals surface area (Å²) in [5, 5.41) is 8.33. The van der Waals surface area contributed by atoms with Crippen LogP contribution in [0.5, 0.6) is 0 Å². The van der Waals surface area contributed by atoms with Crippen molar-refractivity contribution in [3.63, 3.8) is 0 Å². The van der Waals surface area contributed by atoms with E-state index in [4.69, 9.17) is 5.73 Å². The van der Waals surface area contributed by atoms with Gasteiger partial charge < -0.3 is 15.5 Å². The summed E-state index contributed by atoms with van der Waals surface area (Å²) in [7, 11) is 0. The van der Waals surface area contributed by atoms with Crippen LogP contribution < -0.4 is 16.2 Å². The van der Waals surface area contributed by atoms with Gasteiger partial charge in [0.05, 0.1) is 16.8 Å². The average Bonchev–Trinajstić information content (AvgIpc) is 3.19. The molecule has 2 saturated heterocycles. The maximum absolute atomic E-state index is 14.8. The first-order chi connectivity index (χ1) is 15.1. The first-order valence-corrected chi connectivity index (χ1v) is 11.0. The summed E-state index contributed by atoms with van der Waals surface area (Å²) in [6, 6.07) is 12.8. The number of nitrogens with zero attached hydrogens (tertiary/aromatic N) is 3. The smallest absolute Gasteiger partial charge is 0.272 e. The number of aromatic amines is 1. The van der Waals surface area contributed by atoms with Gasteiger partial charge in [0.25, 0.3) is 5.56 Å². The molecule has 2 aliphatic rings. The van der Waals surface area contributed by atoms with E-state index in [2.05, 4.69) is 20.0 Å². The van der Waals surface area contributed by atoms with Crippen molar-refractivity contribution in [2.24, 2.45) is 17.6 Å². The zero-order valence-corrected chi connectivity index (χ0v) is 17.6. The van der Waals surface area contributed by atoms with E-state index in [0.717, 1.165) is 55.8 Å². The predicted molar refractivity (Wildman–Crippen MR) is 121 cm³/mol. The van der Waals surface area contributed by atoms with Gasteiger partial charge in [0, 0.05) is 51.1 Å². The lowest BCUT2D eigenvalue weighted by atomic mass is 9.88. The summed E-state index contributed by atoms with van der Waals surface area (Å²) in [5.41, 5.74) is 7.99. The van der Waals surface area contributed by atoms with Gasteiger partial charge in [-0.2, -0.15) is 5.10 Å². The number of likely N-dealkylation sites (tertiary alicyclic amines) is 1. The zero-order chi connectivity index (χ0) is 21.4. The second-order valence-corrected chi connectivity index (χ2v) is 8.81. The number of anilines is 1. The third-order valence-corrected chi connectivity index (χ3v) is 6.82. The van der Waals surface area contributed by atoms with E-state index >= 15 is 0 Å². The maximum Gasteiger partial charge on any atom is 0.272 e. The van der Waals surface area contributed by atoms with Gasteiger partial charge in [0.2, 0.25) is 0 Å². The fourth-order valence-corrected chi connectivity index (χ4v) is 5.26. The zero-order valence-electron chi connectivity index (χ0n) is 17.6. The summed E-state index contributed by atoms with van der Waals surface area (Å²) in [6.45, 7) is 5.55. The molecule has 0 bridgehead atoms. The largest absolute Gasteiger partial charge is 0.369 e. The molecule has 0 radical (unpaired) electrons. The molecular formula is C24H28FN5O. The standard InChI is InChI=1S/C24H28FN5O/c25-21-6-5-16(11-22-19-3-1-2-4-20(19)24(31)28-27-22)12-23(21)30-9-7-17-13-29(10-8-26)14-18(17)15-30/h1-6,12,17-18H,7-11,13-15,26H2,(H,28,31). The van der Waals surface area contributed by atoms with Crippen molar-refractivity contribution in [2.75, 3.05) is 44.2 Å². The predicted octanol–water partition coefficient (Wildman–Crippen LogP) is 2.37. The number of aromatic nitrogens is 2. The number of hydrogen-bond donors (Lipinski definition) is 2. The molecule has 0 saturated carbocycles. The Hall–Kier alpha value is -2.77. The second-order valence-electron chi connectivity index (χ2n) is 8.81. The van der Waals surface area contributed by atoms with Gasteiger partial charge in [0.1, 0.15) is 5.82 Å². The van der Waals surface area contributed by atoms with Gasteiger partial charge in [-0.15, -0.1) is 0 Å². The Balaban J connectivity index is 1.38. The Morgan fingerprint density at radius 1 is 1.10 bits per heavy atom. The lowest BCUT2D eigenvalue weighted by Crippen LogP contribution is -2.40. The molecule has 0 spiro atoms. The minimum atomic E-state index is -0.192. The Kier molecular flexibility index (Phi) is 5.46. The van der Waals surface area contributed by atoms with Crippen LogP contribution in [0.4, 0.5) is 10.1 Å². The minimum absolute atomic E-state index is 0.182. The van der Waals surface area contributed by atoms with Crippen LogP contribution in [0.25, 0.3) is 10.8 Å². The van der Waals surface area contributed by atoms with E-state index in [1.807, 2.05) is 30.3 Å². The number of fused-ring (bicyclic) bond motifs is 2. The first kappa shape index (κ1) is 20.2. The number of H-pyrrole nitrogens is 1. The van der Waals surface area contributed by atoms with Gasteiger partial charge in [-0.3, -0.25) is 4.79 Å². The molecule has 2 aromatic carbocycles. The maximum atomic E-state index is 14.8. The van der Waals surface area contributed by atoms with Gasteiger partial charge in [-0.1, -0.05) is 24.3 Å². The highest BCUT2D eigenvalue weighted by Gasteiger charge is 2.37. The van der Waals surface area contributed by atoms with E-state index in [-0.39, 0.29) is 11.4 Å². The molecule has 2 aliphatic heterocycles. The highest BCUT2D eigenvalue weighted by molar-refractivity contribution is 5.83. The topological polar surface area (TPSA) is 78.2 Å². The van der Waals surface area contributed by atoms with E-state index in [0.29, 0.717) is 35.9 Å². The van der Waals surface area contributed by atoms with Crippen molar-refractivity contribution in [1.29, 1.82) is 0 Å². The van der Waals surface area contributed by atoms with Crippen LogP contribution >= 0.6 is 0 Å². The summed E-state index contributed by atoms with van der Waals surface area (Å²) < 4.78 is 14.8. The monoisotopic (exact) mass is 421 g/mol. The molecule has 2 fully saturated rings. The molecule has 0 amide bonds. The number of halogens is 1. The number of hydrogen-bond acceptors (Lipinski definition) is 5. The summed E-state index contributed by atoms with van der Waals surface area (Å²) in [6.07, 6.45) is 1.62. The molecule has 162 valence electrons. The molecule has 5 rings (SSSR count). The van der Waals surface area contributed by atoms with Crippen LogP contribution in [0.15, 0.2) is 47.3 Å². The Bertz CT molecular complexity index is 1150. The van der Waals surface area contributed by atoms with E-state index in [1.165, 1.54) is 0 Å². The third kappa shape index (κ3) is 3.95. The third-order valence-electron chi connectivity index (χ3n) is 6.82. The Morgan fingerprint density at radius 2 is 1.90 bits per heavy atom. The summed E-state index contributed by atoms with van der Waals surface area (Å²) >= 11 is 0. The van der Waals surface area contributed by atoms with E-state index in [9.17, 15) is 9.18 Å². The molecule has 3 heterocycles. The number of benzene rings is 2. The average molecular weight is 422 g/mol. The van der Waals surface area contributed by atoms with Crippen molar-refractivity contribution >= 4 is 16.5 Å². The second kappa shape index (κ2) is 8.40. The molecule has 31 heavy (non-hydrogen) atoms. The van der Waals surface area contributed by atoms with Crippen LogP contribution in [-0.4, -0.2) is 54.4 Å².